The molecule has 1 aliphatic rings. The highest BCUT2D eigenvalue weighted by Crippen LogP contribution is 2.19. The lowest BCUT2D eigenvalue weighted by molar-refractivity contribution is -0.133. The maximum absolute atomic E-state index is 12.2. The number of carbonyl (C=O) groups excluding carboxylic acids is 1. The summed E-state index contributed by atoms with van der Waals surface area (Å²) in [5.41, 5.74) is 5.98. The molecule has 1 fully saturated rings. The molecule has 1 unspecified atom stereocenters. The first kappa shape index (κ1) is 15.8. The zero-order valence-corrected chi connectivity index (χ0v) is 13.0. The molecule has 0 spiro atoms. The van der Waals surface area contributed by atoms with Crippen molar-refractivity contribution in [3.63, 3.8) is 0 Å². The van der Waals surface area contributed by atoms with E-state index < -0.39 is 0 Å². The fourth-order valence-corrected chi connectivity index (χ4v) is 2.48. The van der Waals surface area contributed by atoms with Gasteiger partial charge in [-0.25, -0.2) is 0 Å². The minimum atomic E-state index is -0.0456. The van der Waals surface area contributed by atoms with Gasteiger partial charge in [-0.05, 0) is 18.1 Å². The lowest BCUT2D eigenvalue weighted by atomic mass is 10.0. The Hall–Kier alpha value is -1.55. The second kappa shape index (κ2) is 7.46. The van der Waals surface area contributed by atoms with E-state index in [1.807, 2.05) is 35.2 Å². The number of rotatable bonds is 5. The third-order valence-electron chi connectivity index (χ3n) is 4.11. The van der Waals surface area contributed by atoms with Crippen molar-refractivity contribution in [2.24, 2.45) is 11.7 Å². The number of hydrogen-bond donors (Lipinski definition) is 1. The third-order valence-corrected chi connectivity index (χ3v) is 4.11. The van der Waals surface area contributed by atoms with Gasteiger partial charge in [0.05, 0.1) is 0 Å². The van der Waals surface area contributed by atoms with Crippen LogP contribution in [0.4, 0.5) is 0 Å². The lowest BCUT2D eigenvalue weighted by Gasteiger charge is -2.33. The third kappa shape index (κ3) is 4.74. The van der Waals surface area contributed by atoms with Crippen molar-refractivity contribution in [1.82, 2.24) is 4.90 Å². The molecular weight excluding hydrogens is 264 g/mol. The van der Waals surface area contributed by atoms with Crippen molar-refractivity contribution < 1.29 is 9.53 Å². The maximum Gasteiger partial charge on any atom is 0.224 e. The van der Waals surface area contributed by atoms with Crippen LogP contribution in [0.2, 0.25) is 0 Å². The summed E-state index contributed by atoms with van der Waals surface area (Å²) < 4.78 is 5.94. The largest absolute Gasteiger partial charge is 0.490 e. The number of ether oxygens (including phenoxy) is 1. The van der Waals surface area contributed by atoms with Crippen LogP contribution >= 0.6 is 0 Å². The predicted octanol–water partition coefficient (Wildman–Crippen LogP) is 2.43. The summed E-state index contributed by atoms with van der Waals surface area (Å²) in [4.78, 5) is 14.1. The van der Waals surface area contributed by atoms with Gasteiger partial charge >= 0.3 is 0 Å². The fraction of sp³-hybridized carbons (Fsp3) is 0.588. The van der Waals surface area contributed by atoms with Gasteiger partial charge in [0, 0.05) is 38.4 Å². The number of benzene rings is 1. The zero-order chi connectivity index (χ0) is 15.2. The van der Waals surface area contributed by atoms with Gasteiger partial charge in [-0.15, -0.1) is 0 Å². The summed E-state index contributed by atoms with van der Waals surface area (Å²) in [6.07, 6.45) is 2.42. The van der Waals surface area contributed by atoms with Gasteiger partial charge in [0.15, 0.2) is 0 Å². The summed E-state index contributed by atoms with van der Waals surface area (Å²) in [5, 5.41) is 0. The highest BCUT2D eigenvalue weighted by atomic mass is 16.5. The normalized spacial score (nSPS) is 17.8. The molecule has 1 saturated heterocycles. The minimum Gasteiger partial charge on any atom is -0.490 e. The van der Waals surface area contributed by atoms with Crippen molar-refractivity contribution in [3.05, 3.63) is 30.3 Å². The Kier molecular flexibility index (Phi) is 5.62. The molecule has 4 nitrogen and oxygen atoms in total. The van der Waals surface area contributed by atoms with Gasteiger partial charge in [0.25, 0.3) is 0 Å². The fourth-order valence-electron chi connectivity index (χ4n) is 2.48. The molecule has 1 aromatic rings. The number of hydrogen-bond acceptors (Lipinski definition) is 3. The molecule has 1 aliphatic heterocycles. The molecule has 0 radical (unpaired) electrons. The zero-order valence-electron chi connectivity index (χ0n) is 13.0. The quantitative estimate of drug-likeness (QED) is 0.906. The summed E-state index contributed by atoms with van der Waals surface area (Å²) in [5.74, 6) is 1.42. The molecule has 2 N–H and O–H groups in total. The first-order chi connectivity index (χ1) is 10.1. The molecular formula is C17H26N2O2. The second-order valence-electron chi connectivity index (χ2n) is 6.12. The van der Waals surface area contributed by atoms with Crippen molar-refractivity contribution in [2.75, 3.05) is 13.1 Å². The Balaban J connectivity index is 1.76. The van der Waals surface area contributed by atoms with Crippen LogP contribution in [-0.2, 0) is 4.79 Å². The van der Waals surface area contributed by atoms with Crippen LogP contribution in [0.1, 0.15) is 33.1 Å². The number of carbonyl (C=O) groups is 1. The van der Waals surface area contributed by atoms with Gasteiger partial charge in [-0.3, -0.25) is 4.79 Å². The van der Waals surface area contributed by atoms with Crippen LogP contribution in [-0.4, -0.2) is 36.0 Å². The summed E-state index contributed by atoms with van der Waals surface area (Å²) in [7, 11) is 0. The van der Waals surface area contributed by atoms with E-state index in [2.05, 4.69) is 13.8 Å². The molecule has 1 amide bonds. The van der Waals surface area contributed by atoms with E-state index in [0.717, 1.165) is 31.7 Å². The molecule has 0 saturated carbocycles. The molecule has 1 aromatic carbocycles. The highest BCUT2D eigenvalue weighted by Gasteiger charge is 2.25. The number of likely N-dealkylation sites (tertiary alicyclic amines) is 1. The molecule has 2 rings (SSSR count). The number of para-hydroxylation sites is 1. The van der Waals surface area contributed by atoms with Gasteiger partial charge in [-0.1, -0.05) is 32.0 Å². The van der Waals surface area contributed by atoms with E-state index >= 15 is 0 Å². The Labute approximate surface area is 127 Å². The molecule has 116 valence electrons. The SMILES string of the molecule is CC(C)C(N)CC(=O)N1CCC(Oc2ccccc2)CC1. The molecule has 1 heterocycles. The van der Waals surface area contributed by atoms with Crippen LogP contribution < -0.4 is 10.5 Å². The molecule has 4 heteroatoms. The summed E-state index contributed by atoms with van der Waals surface area (Å²) in [6.45, 7) is 5.64. The van der Waals surface area contributed by atoms with E-state index in [-0.39, 0.29) is 18.1 Å². The van der Waals surface area contributed by atoms with Gasteiger partial charge in [0.2, 0.25) is 5.91 Å². The van der Waals surface area contributed by atoms with Crippen molar-refractivity contribution >= 4 is 5.91 Å². The first-order valence-electron chi connectivity index (χ1n) is 7.81. The average Bonchev–Trinajstić information content (AvgIpc) is 2.48. The standard InChI is InChI=1S/C17H26N2O2/c1-13(2)16(18)12-17(20)19-10-8-15(9-11-19)21-14-6-4-3-5-7-14/h3-7,13,15-16H,8-12,18H2,1-2H3. The van der Waals surface area contributed by atoms with Crippen LogP contribution in [0.15, 0.2) is 30.3 Å². The van der Waals surface area contributed by atoms with E-state index in [4.69, 9.17) is 10.5 Å². The summed E-state index contributed by atoms with van der Waals surface area (Å²) in [6, 6.07) is 9.82. The van der Waals surface area contributed by atoms with E-state index in [9.17, 15) is 4.79 Å². The number of amides is 1. The number of nitrogens with zero attached hydrogens (tertiary/aromatic N) is 1. The monoisotopic (exact) mass is 290 g/mol. The Bertz CT molecular complexity index is 439. The van der Waals surface area contributed by atoms with Crippen molar-refractivity contribution in [1.29, 1.82) is 0 Å². The highest BCUT2D eigenvalue weighted by molar-refractivity contribution is 5.76. The van der Waals surface area contributed by atoms with Gasteiger partial charge < -0.3 is 15.4 Å². The Morgan fingerprint density at radius 3 is 2.48 bits per heavy atom. The maximum atomic E-state index is 12.2. The number of nitrogens with two attached hydrogens (primary N) is 1. The topological polar surface area (TPSA) is 55.6 Å². The second-order valence-corrected chi connectivity index (χ2v) is 6.12. The minimum absolute atomic E-state index is 0.0456. The molecule has 0 aromatic heterocycles. The smallest absolute Gasteiger partial charge is 0.224 e. The van der Waals surface area contributed by atoms with E-state index in [0.29, 0.717) is 12.3 Å². The lowest BCUT2D eigenvalue weighted by Crippen LogP contribution is -2.44. The van der Waals surface area contributed by atoms with Crippen LogP contribution in [0, 0.1) is 5.92 Å². The summed E-state index contributed by atoms with van der Waals surface area (Å²) >= 11 is 0. The predicted molar refractivity (Wildman–Crippen MR) is 84.1 cm³/mol. The molecule has 0 aliphatic carbocycles. The van der Waals surface area contributed by atoms with Gasteiger partial charge in [0.1, 0.15) is 11.9 Å². The molecule has 0 bridgehead atoms. The van der Waals surface area contributed by atoms with Crippen LogP contribution in [0.5, 0.6) is 5.75 Å². The van der Waals surface area contributed by atoms with Gasteiger partial charge in [-0.2, -0.15) is 0 Å². The Morgan fingerprint density at radius 2 is 1.90 bits per heavy atom. The Morgan fingerprint density at radius 1 is 1.29 bits per heavy atom. The van der Waals surface area contributed by atoms with Crippen LogP contribution in [0.3, 0.4) is 0 Å². The van der Waals surface area contributed by atoms with E-state index in [1.165, 1.54) is 0 Å². The number of piperidine rings is 1. The first-order valence-corrected chi connectivity index (χ1v) is 7.81. The molecule has 1 atom stereocenters. The molecule has 21 heavy (non-hydrogen) atoms. The average molecular weight is 290 g/mol. The van der Waals surface area contributed by atoms with Crippen LogP contribution in [0.25, 0.3) is 0 Å². The van der Waals surface area contributed by atoms with Crippen molar-refractivity contribution in [3.8, 4) is 5.75 Å². The van der Waals surface area contributed by atoms with Crippen molar-refractivity contribution in [2.45, 2.75) is 45.3 Å². The van der Waals surface area contributed by atoms with E-state index in [1.54, 1.807) is 0 Å².